The zero-order valence-corrected chi connectivity index (χ0v) is 18.0. The van der Waals surface area contributed by atoms with Gasteiger partial charge in [0.05, 0.1) is 15.8 Å². The summed E-state index contributed by atoms with van der Waals surface area (Å²) in [6, 6.07) is 2.49. The molecule has 7 nitrogen and oxygen atoms in total. The third-order valence-electron chi connectivity index (χ3n) is 7.10. The largest absolute Gasteiger partial charge is 0.366 e. The van der Waals surface area contributed by atoms with E-state index in [1.807, 2.05) is 12.5 Å². The van der Waals surface area contributed by atoms with Crippen molar-refractivity contribution in [1.82, 2.24) is 19.5 Å². The van der Waals surface area contributed by atoms with E-state index < -0.39 is 22.5 Å². The molecular formula is C21H26FN5O2S. The van der Waals surface area contributed by atoms with Gasteiger partial charge in [-0.1, -0.05) is 6.92 Å². The number of benzene rings is 1. The molecule has 3 heterocycles. The fourth-order valence-electron chi connectivity index (χ4n) is 4.86. The smallest absolute Gasteiger partial charge is 0.251 e. The van der Waals surface area contributed by atoms with Gasteiger partial charge in [-0.15, -0.1) is 0 Å². The Labute approximate surface area is 176 Å². The molecule has 1 atom stereocenters. The van der Waals surface area contributed by atoms with E-state index in [2.05, 4.69) is 21.9 Å². The van der Waals surface area contributed by atoms with Gasteiger partial charge in [0.25, 0.3) is 5.91 Å². The summed E-state index contributed by atoms with van der Waals surface area (Å²) in [6.07, 6.45) is 7.78. The van der Waals surface area contributed by atoms with Crippen LogP contribution in [0.4, 0.5) is 4.39 Å². The predicted molar refractivity (Wildman–Crippen MR) is 115 cm³/mol. The minimum atomic E-state index is -0.779. The maximum atomic E-state index is 14.0. The molecule has 3 aromatic rings. The Morgan fingerprint density at radius 2 is 2.00 bits per heavy atom. The Balaban J connectivity index is 1.46. The first-order chi connectivity index (χ1) is 14.2. The molecule has 1 aromatic carbocycles. The summed E-state index contributed by atoms with van der Waals surface area (Å²) in [5.41, 5.74) is 8.20. The normalized spacial score (nSPS) is 21.8. The number of nitrogens with two attached hydrogens (primary N) is 1. The van der Waals surface area contributed by atoms with E-state index in [9.17, 15) is 13.4 Å². The number of likely N-dealkylation sites (tertiary alicyclic amines) is 1. The fraction of sp³-hybridized carbons (Fsp3) is 0.524. The quantitative estimate of drug-likeness (QED) is 0.648. The monoisotopic (exact) mass is 431 g/mol. The molecule has 1 unspecified atom stereocenters. The number of carbonyl (C=O) groups excluding carboxylic acids is 1. The summed E-state index contributed by atoms with van der Waals surface area (Å²) < 4.78 is 27.8. The van der Waals surface area contributed by atoms with Gasteiger partial charge in [-0.25, -0.2) is 13.9 Å². The summed E-state index contributed by atoms with van der Waals surface area (Å²) in [7, 11) is -0.779. The molecule has 30 heavy (non-hydrogen) atoms. The van der Waals surface area contributed by atoms with E-state index in [0.29, 0.717) is 16.7 Å². The molecule has 1 aliphatic heterocycles. The fourth-order valence-corrected chi connectivity index (χ4v) is 5.91. The van der Waals surface area contributed by atoms with Crippen LogP contribution < -0.4 is 5.73 Å². The topological polar surface area (TPSA) is 96.5 Å². The predicted octanol–water partition coefficient (Wildman–Crippen LogP) is 2.32. The third-order valence-corrected chi connectivity index (χ3v) is 8.86. The number of halogens is 1. The number of H-pyrrole nitrogens is 1. The molecule has 2 fully saturated rings. The number of rotatable bonds is 5. The zero-order chi connectivity index (χ0) is 21.3. The van der Waals surface area contributed by atoms with Gasteiger partial charge in [-0.2, -0.15) is 0 Å². The summed E-state index contributed by atoms with van der Waals surface area (Å²) in [5, 5.41) is 3.19. The highest BCUT2D eigenvalue weighted by Crippen LogP contribution is 2.44. The number of aromatic nitrogens is 3. The lowest BCUT2D eigenvalue weighted by molar-refractivity contribution is 0.100. The number of hydrogen-bond acceptors (Lipinski definition) is 4. The standard InChI is InChI=1S/C21H26FN5O2S/c1-20(5-7-26(8-6-20)12-21(3-4-21)30(2)29)15-11-24-27-17-14(18(23)28)9-13(22)10-16(17)25-19(15)27/h9-11,24H,3-8,12H2,1-2H3,(H2,23,28). The molecule has 2 aromatic heterocycles. The van der Waals surface area contributed by atoms with Crippen molar-refractivity contribution in [2.45, 2.75) is 42.8 Å². The van der Waals surface area contributed by atoms with Crippen molar-refractivity contribution in [3.05, 3.63) is 35.3 Å². The number of hydrogen-bond donors (Lipinski definition) is 2. The molecule has 1 aliphatic carbocycles. The molecule has 1 saturated heterocycles. The highest BCUT2D eigenvalue weighted by Gasteiger charge is 2.48. The lowest BCUT2D eigenvalue weighted by Gasteiger charge is -2.40. The Morgan fingerprint density at radius 1 is 1.30 bits per heavy atom. The van der Waals surface area contributed by atoms with Crippen LogP contribution in [0.3, 0.4) is 0 Å². The third kappa shape index (κ3) is 2.98. The molecule has 3 N–H and O–H groups in total. The lowest BCUT2D eigenvalue weighted by atomic mass is 9.75. The summed E-state index contributed by atoms with van der Waals surface area (Å²) >= 11 is 0. The zero-order valence-electron chi connectivity index (χ0n) is 17.2. The van der Waals surface area contributed by atoms with Crippen LogP contribution in [0.2, 0.25) is 0 Å². The number of nitrogens with zero attached hydrogens (tertiary/aromatic N) is 3. The average Bonchev–Trinajstić information content (AvgIpc) is 3.22. The Kier molecular flexibility index (Phi) is 4.34. The minimum Gasteiger partial charge on any atom is -0.366 e. The highest BCUT2D eigenvalue weighted by atomic mass is 32.2. The number of primary amides is 1. The molecule has 160 valence electrons. The van der Waals surface area contributed by atoms with Crippen molar-refractivity contribution in [2.24, 2.45) is 5.73 Å². The lowest BCUT2D eigenvalue weighted by Crippen LogP contribution is -2.45. The highest BCUT2D eigenvalue weighted by molar-refractivity contribution is 7.86. The van der Waals surface area contributed by atoms with Crippen LogP contribution in [0.5, 0.6) is 0 Å². The number of amides is 1. The van der Waals surface area contributed by atoms with Crippen LogP contribution in [-0.2, 0) is 16.2 Å². The van der Waals surface area contributed by atoms with Crippen LogP contribution in [0.1, 0.15) is 48.5 Å². The second kappa shape index (κ2) is 6.62. The average molecular weight is 432 g/mol. The van der Waals surface area contributed by atoms with E-state index >= 15 is 0 Å². The van der Waals surface area contributed by atoms with Crippen LogP contribution in [0.15, 0.2) is 18.3 Å². The van der Waals surface area contributed by atoms with E-state index in [1.54, 1.807) is 4.52 Å². The number of fused-ring (bicyclic) bond motifs is 3. The van der Waals surface area contributed by atoms with Gasteiger partial charge in [0.1, 0.15) is 11.3 Å². The molecule has 0 bridgehead atoms. The summed E-state index contributed by atoms with van der Waals surface area (Å²) in [5.74, 6) is -1.21. The number of carbonyl (C=O) groups is 1. The van der Waals surface area contributed by atoms with Gasteiger partial charge >= 0.3 is 0 Å². The molecule has 1 amide bonds. The maximum absolute atomic E-state index is 14.0. The van der Waals surface area contributed by atoms with Gasteiger partial charge in [-0.3, -0.25) is 14.1 Å². The van der Waals surface area contributed by atoms with E-state index in [1.165, 1.54) is 6.07 Å². The maximum Gasteiger partial charge on any atom is 0.251 e. The molecule has 5 rings (SSSR count). The summed E-state index contributed by atoms with van der Waals surface area (Å²) in [6.45, 7) is 5.01. The van der Waals surface area contributed by atoms with E-state index in [-0.39, 0.29) is 15.7 Å². The Hall–Kier alpha value is -2.26. The van der Waals surface area contributed by atoms with Gasteiger partial charge in [-0.05, 0) is 44.8 Å². The van der Waals surface area contributed by atoms with E-state index in [0.717, 1.165) is 56.9 Å². The van der Waals surface area contributed by atoms with Crippen LogP contribution in [-0.4, -0.2) is 60.3 Å². The molecular weight excluding hydrogens is 405 g/mol. The van der Waals surface area contributed by atoms with Crippen molar-refractivity contribution >= 4 is 33.4 Å². The van der Waals surface area contributed by atoms with Crippen LogP contribution >= 0.6 is 0 Å². The van der Waals surface area contributed by atoms with Crippen molar-refractivity contribution in [2.75, 3.05) is 25.9 Å². The Morgan fingerprint density at radius 3 is 2.60 bits per heavy atom. The first kappa shape index (κ1) is 19.7. The molecule has 9 heteroatoms. The first-order valence-electron chi connectivity index (χ1n) is 10.3. The summed E-state index contributed by atoms with van der Waals surface area (Å²) in [4.78, 5) is 18.9. The molecule has 1 saturated carbocycles. The van der Waals surface area contributed by atoms with Crippen LogP contribution in [0.25, 0.3) is 16.7 Å². The first-order valence-corrected chi connectivity index (χ1v) is 11.8. The number of piperidine rings is 1. The molecule has 0 spiro atoms. The van der Waals surface area contributed by atoms with Crippen LogP contribution in [0, 0.1) is 5.82 Å². The van der Waals surface area contributed by atoms with Crippen molar-refractivity contribution in [3.8, 4) is 0 Å². The number of nitrogens with one attached hydrogen (secondary N) is 1. The van der Waals surface area contributed by atoms with Gasteiger partial charge in [0, 0.05) is 46.8 Å². The van der Waals surface area contributed by atoms with Crippen molar-refractivity contribution in [1.29, 1.82) is 0 Å². The SMILES string of the molecule is CS(=O)C1(CN2CCC(C)(c3c[nH]n4c3nc3cc(F)cc(C(N)=O)c34)CC2)CC1. The van der Waals surface area contributed by atoms with Gasteiger partial charge in [0.2, 0.25) is 0 Å². The Bertz CT molecular complexity index is 1190. The van der Waals surface area contributed by atoms with Gasteiger partial charge < -0.3 is 10.6 Å². The van der Waals surface area contributed by atoms with Crippen molar-refractivity contribution < 1.29 is 13.4 Å². The second-order valence-electron chi connectivity index (χ2n) is 9.12. The van der Waals surface area contributed by atoms with E-state index in [4.69, 9.17) is 5.73 Å². The molecule has 0 radical (unpaired) electrons. The number of aromatic amines is 1. The van der Waals surface area contributed by atoms with Crippen molar-refractivity contribution in [3.63, 3.8) is 0 Å². The molecule has 2 aliphatic rings. The minimum absolute atomic E-state index is 0.00510. The van der Waals surface area contributed by atoms with Gasteiger partial charge in [0.15, 0.2) is 5.65 Å². The second-order valence-corrected chi connectivity index (χ2v) is 10.9. The number of imidazole rings is 1.